The number of carbonyl (C=O) groups excluding carboxylic acids is 1. The number of hydrogen-bond acceptors (Lipinski definition) is 5. The lowest BCUT2D eigenvalue weighted by Crippen LogP contribution is -2.06. The van der Waals surface area contributed by atoms with Gasteiger partial charge in [0.2, 0.25) is 0 Å². The molecule has 1 heterocycles. The highest BCUT2D eigenvalue weighted by atomic mass is 16.5. The summed E-state index contributed by atoms with van der Waals surface area (Å²) in [4.78, 5) is 22.3. The maximum Gasteiger partial charge on any atom is 0.338 e. The Hall–Kier alpha value is -2.56. The molecule has 0 aliphatic rings. The molecule has 0 saturated carbocycles. The first-order valence-corrected chi connectivity index (χ1v) is 4.91. The van der Waals surface area contributed by atoms with E-state index >= 15 is 0 Å². The first kappa shape index (κ1) is 10.9. The number of aromatic nitrogens is 3. The van der Waals surface area contributed by atoms with Crippen molar-refractivity contribution < 1.29 is 9.53 Å². The molecular weight excluding hydrogens is 218 g/mol. The minimum atomic E-state index is -0.528. The molecule has 0 aliphatic carbocycles. The molecule has 1 aromatic carbocycles. The Balaban J connectivity index is 1.96. The van der Waals surface area contributed by atoms with Gasteiger partial charge in [0.15, 0.2) is 0 Å². The van der Waals surface area contributed by atoms with Crippen LogP contribution in [-0.2, 0) is 4.79 Å². The van der Waals surface area contributed by atoms with Crippen molar-refractivity contribution >= 4 is 12.0 Å². The second-order valence-electron chi connectivity index (χ2n) is 3.09. The van der Waals surface area contributed by atoms with Crippen LogP contribution in [0.25, 0.3) is 6.08 Å². The van der Waals surface area contributed by atoms with E-state index in [0.29, 0.717) is 0 Å². The Bertz CT molecular complexity index is 512. The highest BCUT2D eigenvalue weighted by Crippen LogP contribution is 2.02. The summed E-state index contributed by atoms with van der Waals surface area (Å²) in [6.45, 7) is 0. The standard InChI is InChI=1S/C12H9N3O2/c16-11(17-12-14-8-13-9-15-12)7-6-10-4-2-1-3-5-10/h1-9H/b7-6+. The summed E-state index contributed by atoms with van der Waals surface area (Å²) in [5.41, 5.74) is 0.917. The third-order valence-corrected chi connectivity index (χ3v) is 1.87. The predicted molar refractivity (Wildman–Crippen MR) is 60.9 cm³/mol. The van der Waals surface area contributed by atoms with Crippen molar-refractivity contribution in [1.82, 2.24) is 15.0 Å². The van der Waals surface area contributed by atoms with Crippen molar-refractivity contribution in [2.75, 3.05) is 0 Å². The lowest BCUT2D eigenvalue weighted by Gasteiger charge is -1.96. The summed E-state index contributed by atoms with van der Waals surface area (Å²) >= 11 is 0. The number of ether oxygens (including phenoxy) is 1. The van der Waals surface area contributed by atoms with E-state index in [4.69, 9.17) is 4.74 Å². The van der Waals surface area contributed by atoms with Crippen molar-refractivity contribution in [3.05, 3.63) is 54.6 Å². The predicted octanol–water partition coefficient (Wildman–Crippen LogP) is 1.49. The van der Waals surface area contributed by atoms with E-state index in [1.54, 1.807) is 6.08 Å². The summed E-state index contributed by atoms with van der Waals surface area (Å²) < 4.78 is 4.85. The van der Waals surface area contributed by atoms with Gasteiger partial charge in [-0.3, -0.25) is 0 Å². The minimum Gasteiger partial charge on any atom is -0.387 e. The Kier molecular flexibility index (Phi) is 3.54. The molecule has 2 rings (SSSR count). The van der Waals surface area contributed by atoms with Crippen LogP contribution >= 0.6 is 0 Å². The molecule has 1 aromatic heterocycles. The highest BCUT2D eigenvalue weighted by molar-refractivity contribution is 5.88. The zero-order valence-corrected chi connectivity index (χ0v) is 8.85. The minimum absolute atomic E-state index is 0.0114. The summed E-state index contributed by atoms with van der Waals surface area (Å²) in [6, 6.07) is 9.43. The van der Waals surface area contributed by atoms with Gasteiger partial charge in [0, 0.05) is 6.08 Å². The molecule has 0 amide bonds. The van der Waals surface area contributed by atoms with Gasteiger partial charge < -0.3 is 4.74 Å². The lowest BCUT2D eigenvalue weighted by molar-refractivity contribution is -0.129. The molecule has 0 radical (unpaired) electrons. The first-order valence-electron chi connectivity index (χ1n) is 4.91. The fourth-order valence-electron chi connectivity index (χ4n) is 1.13. The third kappa shape index (κ3) is 3.49. The SMILES string of the molecule is O=C(/C=C/c1ccccc1)Oc1ncncn1. The van der Waals surface area contributed by atoms with Crippen LogP contribution in [0.5, 0.6) is 6.01 Å². The van der Waals surface area contributed by atoms with Crippen LogP contribution < -0.4 is 4.74 Å². The molecule has 5 nitrogen and oxygen atoms in total. The molecule has 2 aromatic rings. The Morgan fingerprint density at radius 1 is 1.12 bits per heavy atom. The smallest absolute Gasteiger partial charge is 0.338 e. The van der Waals surface area contributed by atoms with Gasteiger partial charge in [-0.1, -0.05) is 30.3 Å². The van der Waals surface area contributed by atoms with Crippen LogP contribution in [0.4, 0.5) is 0 Å². The van der Waals surface area contributed by atoms with Gasteiger partial charge in [0.1, 0.15) is 12.7 Å². The van der Waals surface area contributed by atoms with E-state index in [1.165, 1.54) is 18.7 Å². The molecule has 0 N–H and O–H groups in total. The van der Waals surface area contributed by atoms with Crippen LogP contribution in [0.15, 0.2) is 49.1 Å². The van der Waals surface area contributed by atoms with Gasteiger partial charge in [-0.05, 0) is 11.6 Å². The Labute approximate surface area is 97.8 Å². The van der Waals surface area contributed by atoms with Crippen LogP contribution in [0.3, 0.4) is 0 Å². The maximum atomic E-state index is 11.4. The molecule has 84 valence electrons. The molecule has 17 heavy (non-hydrogen) atoms. The monoisotopic (exact) mass is 227 g/mol. The molecular formula is C12H9N3O2. The van der Waals surface area contributed by atoms with Gasteiger partial charge in [-0.25, -0.2) is 9.78 Å². The van der Waals surface area contributed by atoms with Gasteiger partial charge >= 0.3 is 12.0 Å². The number of esters is 1. The zero-order chi connectivity index (χ0) is 11.9. The van der Waals surface area contributed by atoms with E-state index in [0.717, 1.165) is 5.56 Å². The van der Waals surface area contributed by atoms with Crippen molar-refractivity contribution in [2.45, 2.75) is 0 Å². The average Bonchev–Trinajstić information content (AvgIpc) is 2.39. The van der Waals surface area contributed by atoms with E-state index in [-0.39, 0.29) is 6.01 Å². The van der Waals surface area contributed by atoms with Crippen molar-refractivity contribution in [3.8, 4) is 6.01 Å². The van der Waals surface area contributed by atoms with E-state index in [2.05, 4.69) is 15.0 Å². The Morgan fingerprint density at radius 3 is 2.53 bits per heavy atom. The molecule has 0 unspecified atom stereocenters. The van der Waals surface area contributed by atoms with Crippen molar-refractivity contribution in [1.29, 1.82) is 0 Å². The van der Waals surface area contributed by atoms with E-state index < -0.39 is 5.97 Å². The van der Waals surface area contributed by atoms with E-state index in [1.807, 2.05) is 30.3 Å². The average molecular weight is 227 g/mol. The summed E-state index contributed by atoms with van der Waals surface area (Å²) in [7, 11) is 0. The van der Waals surface area contributed by atoms with Crippen LogP contribution in [0.2, 0.25) is 0 Å². The molecule has 0 bridgehead atoms. The zero-order valence-electron chi connectivity index (χ0n) is 8.85. The van der Waals surface area contributed by atoms with Crippen LogP contribution in [-0.4, -0.2) is 20.9 Å². The first-order chi connectivity index (χ1) is 8.34. The van der Waals surface area contributed by atoms with Crippen molar-refractivity contribution in [3.63, 3.8) is 0 Å². The van der Waals surface area contributed by atoms with Gasteiger partial charge in [0.05, 0.1) is 0 Å². The highest BCUT2D eigenvalue weighted by Gasteiger charge is 2.01. The quantitative estimate of drug-likeness (QED) is 0.587. The molecule has 0 spiro atoms. The second-order valence-corrected chi connectivity index (χ2v) is 3.09. The Morgan fingerprint density at radius 2 is 1.82 bits per heavy atom. The largest absolute Gasteiger partial charge is 0.387 e. The molecule has 0 saturated heterocycles. The summed E-state index contributed by atoms with van der Waals surface area (Å²) in [6.07, 6.45) is 5.50. The number of hydrogen-bond donors (Lipinski definition) is 0. The van der Waals surface area contributed by atoms with Gasteiger partial charge in [-0.2, -0.15) is 9.97 Å². The number of benzene rings is 1. The van der Waals surface area contributed by atoms with Crippen LogP contribution in [0, 0.1) is 0 Å². The second kappa shape index (κ2) is 5.50. The normalized spacial score (nSPS) is 10.4. The molecule has 0 fully saturated rings. The van der Waals surface area contributed by atoms with Crippen LogP contribution in [0.1, 0.15) is 5.56 Å². The third-order valence-electron chi connectivity index (χ3n) is 1.87. The summed E-state index contributed by atoms with van der Waals surface area (Å²) in [5.74, 6) is -0.528. The van der Waals surface area contributed by atoms with Gasteiger partial charge in [0.25, 0.3) is 0 Å². The number of rotatable bonds is 3. The van der Waals surface area contributed by atoms with Gasteiger partial charge in [-0.15, -0.1) is 0 Å². The fraction of sp³-hybridized carbons (Fsp3) is 0. The fourth-order valence-corrected chi connectivity index (χ4v) is 1.13. The molecule has 5 heteroatoms. The summed E-state index contributed by atoms with van der Waals surface area (Å²) in [5, 5.41) is 0. The topological polar surface area (TPSA) is 65.0 Å². The lowest BCUT2D eigenvalue weighted by atomic mass is 10.2. The number of nitrogens with zero attached hydrogens (tertiary/aromatic N) is 3. The number of carbonyl (C=O) groups is 1. The van der Waals surface area contributed by atoms with E-state index in [9.17, 15) is 4.79 Å². The molecule has 0 aliphatic heterocycles. The van der Waals surface area contributed by atoms with Crippen molar-refractivity contribution in [2.24, 2.45) is 0 Å². The maximum absolute atomic E-state index is 11.4. The molecule has 0 atom stereocenters.